The van der Waals surface area contributed by atoms with Gasteiger partial charge in [-0.3, -0.25) is 9.69 Å². The molecule has 0 atom stereocenters. The molecule has 2 aromatic rings. The number of carbonyl (C=O) groups excluding carboxylic acids is 1. The van der Waals surface area contributed by atoms with Crippen molar-refractivity contribution in [3.05, 3.63) is 53.6 Å². The summed E-state index contributed by atoms with van der Waals surface area (Å²) in [5, 5.41) is 14.8. The van der Waals surface area contributed by atoms with Crippen molar-refractivity contribution >= 4 is 17.8 Å². The van der Waals surface area contributed by atoms with E-state index in [0.717, 1.165) is 61.7 Å². The third-order valence-electron chi connectivity index (χ3n) is 6.32. The zero-order chi connectivity index (χ0) is 28.1. The van der Waals surface area contributed by atoms with Gasteiger partial charge in [0.1, 0.15) is 5.75 Å². The molecule has 1 aliphatic heterocycles. The maximum atomic E-state index is 13.0. The van der Waals surface area contributed by atoms with Gasteiger partial charge in [0.25, 0.3) is 0 Å². The number of ether oxygens (including phenoxy) is 3. The molecule has 1 fully saturated rings. The summed E-state index contributed by atoms with van der Waals surface area (Å²) in [5.41, 5.74) is 2.41. The normalized spacial score (nSPS) is 13.6. The van der Waals surface area contributed by atoms with E-state index in [2.05, 4.69) is 17.0 Å². The van der Waals surface area contributed by atoms with Crippen LogP contribution in [0.1, 0.15) is 30.9 Å². The smallest absolute Gasteiger partial charge is 0.414 e. The minimum atomic E-state index is -1.82. The highest BCUT2D eigenvalue weighted by molar-refractivity contribution is 6.27. The summed E-state index contributed by atoms with van der Waals surface area (Å²) in [6, 6.07) is 14.2. The fraction of sp³-hybridized carbons (Fsp3) is 0.464. The van der Waals surface area contributed by atoms with E-state index in [4.69, 9.17) is 34.0 Å². The van der Waals surface area contributed by atoms with Crippen LogP contribution in [0.25, 0.3) is 0 Å². The molecule has 38 heavy (non-hydrogen) atoms. The Hall–Kier alpha value is -3.79. The summed E-state index contributed by atoms with van der Waals surface area (Å²) in [7, 11) is 5.18. The number of hydrogen-bond donors (Lipinski definition) is 2. The predicted octanol–water partition coefficient (Wildman–Crippen LogP) is 3.17. The van der Waals surface area contributed by atoms with Gasteiger partial charge >= 0.3 is 11.9 Å². The van der Waals surface area contributed by atoms with Crippen molar-refractivity contribution in [2.24, 2.45) is 5.92 Å². The van der Waals surface area contributed by atoms with Gasteiger partial charge < -0.3 is 29.3 Å². The number of carboxylic acids is 2. The molecule has 1 heterocycles. The molecule has 2 N–H and O–H groups in total. The number of benzene rings is 2. The summed E-state index contributed by atoms with van der Waals surface area (Å²) in [6.07, 6.45) is 2.62. The van der Waals surface area contributed by atoms with Gasteiger partial charge in [0.2, 0.25) is 5.91 Å². The number of piperidine rings is 1. The second-order valence-corrected chi connectivity index (χ2v) is 8.94. The number of methoxy groups -OCH3 is 2. The molecule has 10 heteroatoms. The standard InChI is InChI=1S/C26H36N2O4.C2H2O4/c1-5-32-23-9-6-21(7-10-23)19-28-16-13-22(14-17-28)26(29)27(2)15-12-20-8-11-24(30-3)25(18-20)31-4;3-1(4)2(5)6/h6-11,18,22H,5,12-17,19H2,1-4H3;(H,3,4)(H,5,6). The van der Waals surface area contributed by atoms with Crippen molar-refractivity contribution in [2.75, 3.05) is 47.5 Å². The quantitative estimate of drug-likeness (QED) is 0.446. The molecule has 0 saturated carbocycles. The molecule has 0 aromatic heterocycles. The molecule has 1 amide bonds. The van der Waals surface area contributed by atoms with Gasteiger partial charge in [0.05, 0.1) is 20.8 Å². The second kappa shape index (κ2) is 15.5. The summed E-state index contributed by atoms with van der Waals surface area (Å²) in [6.45, 7) is 6.19. The van der Waals surface area contributed by atoms with E-state index in [-0.39, 0.29) is 11.8 Å². The van der Waals surface area contributed by atoms with Crippen molar-refractivity contribution < 1.29 is 38.8 Å². The highest BCUT2D eigenvalue weighted by Crippen LogP contribution is 2.28. The first-order chi connectivity index (χ1) is 18.2. The number of hydrogen-bond acceptors (Lipinski definition) is 7. The Balaban J connectivity index is 0.000000757. The third-order valence-corrected chi connectivity index (χ3v) is 6.32. The predicted molar refractivity (Wildman–Crippen MR) is 142 cm³/mol. The summed E-state index contributed by atoms with van der Waals surface area (Å²) >= 11 is 0. The van der Waals surface area contributed by atoms with E-state index in [0.29, 0.717) is 13.2 Å². The number of rotatable bonds is 10. The molecule has 0 unspecified atom stereocenters. The Labute approximate surface area is 223 Å². The van der Waals surface area contributed by atoms with Crippen LogP contribution in [-0.4, -0.2) is 85.4 Å². The maximum Gasteiger partial charge on any atom is 0.414 e. The lowest BCUT2D eigenvalue weighted by atomic mass is 9.95. The van der Waals surface area contributed by atoms with Crippen molar-refractivity contribution in [3.8, 4) is 17.2 Å². The van der Waals surface area contributed by atoms with E-state index < -0.39 is 11.9 Å². The molecule has 10 nitrogen and oxygen atoms in total. The molecule has 0 spiro atoms. The van der Waals surface area contributed by atoms with Crippen molar-refractivity contribution in [3.63, 3.8) is 0 Å². The van der Waals surface area contributed by atoms with Crippen LogP contribution in [0.2, 0.25) is 0 Å². The van der Waals surface area contributed by atoms with Gasteiger partial charge in [0, 0.05) is 26.1 Å². The molecule has 0 radical (unpaired) electrons. The van der Waals surface area contributed by atoms with Crippen molar-refractivity contribution in [1.82, 2.24) is 9.80 Å². The molecular weight excluding hydrogens is 492 g/mol. The summed E-state index contributed by atoms with van der Waals surface area (Å²) in [4.78, 5) is 35.5. The van der Waals surface area contributed by atoms with Crippen LogP contribution < -0.4 is 14.2 Å². The first kappa shape index (κ1) is 30.4. The van der Waals surface area contributed by atoms with Gasteiger partial charge in [0.15, 0.2) is 11.5 Å². The molecule has 0 bridgehead atoms. The van der Waals surface area contributed by atoms with Gasteiger partial charge in [-0.05, 0) is 74.7 Å². The van der Waals surface area contributed by atoms with E-state index >= 15 is 0 Å². The van der Waals surface area contributed by atoms with Crippen LogP contribution in [0.5, 0.6) is 17.2 Å². The van der Waals surface area contributed by atoms with Crippen LogP contribution in [0.15, 0.2) is 42.5 Å². The van der Waals surface area contributed by atoms with E-state index in [1.165, 1.54) is 5.56 Å². The van der Waals surface area contributed by atoms with Crippen molar-refractivity contribution in [2.45, 2.75) is 32.7 Å². The molecule has 2 aromatic carbocycles. The number of carbonyl (C=O) groups is 3. The Bertz CT molecular complexity index is 1040. The lowest BCUT2D eigenvalue weighted by Crippen LogP contribution is -2.41. The fourth-order valence-corrected chi connectivity index (χ4v) is 4.21. The fourth-order valence-electron chi connectivity index (χ4n) is 4.21. The maximum absolute atomic E-state index is 13.0. The minimum absolute atomic E-state index is 0.113. The van der Waals surface area contributed by atoms with Gasteiger partial charge in [-0.25, -0.2) is 9.59 Å². The zero-order valence-electron chi connectivity index (χ0n) is 22.5. The van der Waals surface area contributed by atoms with Crippen LogP contribution in [-0.2, 0) is 27.3 Å². The number of amides is 1. The number of aliphatic carboxylic acids is 2. The van der Waals surface area contributed by atoms with Crippen LogP contribution in [0, 0.1) is 5.92 Å². The number of likely N-dealkylation sites (tertiary alicyclic amines) is 1. The highest BCUT2D eigenvalue weighted by atomic mass is 16.5. The molecule has 1 aliphatic rings. The van der Waals surface area contributed by atoms with E-state index in [1.54, 1.807) is 14.2 Å². The molecule has 0 aliphatic carbocycles. The summed E-state index contributed by atoms with van der Waals surface area (Å²) < 4.78 is 16.2. The molecule has 208 valence electrons. The first-order valence-corrected chi connectivity index (χ1v) is 12.5. The number of likely N-dealkylation sites (N-methyl/N-ethyl adjacent to an activating group) is 1. The highest BCUT2D eigenvalue weighted by Gasteiger charge is 2.27. The molecular formula is C28H38N2O8. The monoisotopic (exact) mass is 530 g/mol. The minimum Gasteiger partial charge on any atom is -0.494 e. The molecule has 1 saturated heterocycles. The molecule has 3 rings (SSSR count). The third kappa shape index (κ3) is 9.59. The Morgan fingerprint density at radius 3 is 2.03 bits per heavy atom. The van der Waals surface area contributed by atoms with Crippen LogP contribution >= 0.6 is 0 Å². The van der Waals surface area contributed by atoms with Crippen LogP contribution in [0.4, 0.5) is 0 Å². The SMILES string of the molecule is CCOc1ccc(CN2CCC(C(=O)N(C)CCc3ccc(OC)c(OC)c3)CC2)cc1.O=C(O)C(=O)O. The topological polar surface area (TPSA) is 126 Å². The Morgan fingerprint density at radius 1 is 0.921 bits per heavy atom. The lowest BCUT2D eigenvalue weighted by molar-refractivity contribution is -0.159. The largest absolute Gasteiger partial charge is 0.494 e. The van der Waals surface area contributed by atoms with E-state index in [9.17, 15) is 4.79 Å². The van der Waals surface area contributed by atoms with Crippen LogP contribution in [0.3, 0.4) is 0 Å². The van der Waals surface area contributed by atoms with Gasteiger partial charge in [-0.2, -0.15) is 0 Å². The Kier molecular flexibility index (Phi) is 12.4. The number of nitrogens with zero attached hydrogens (tertiary/aromatic N) is 2. The second-order valence-electron chi connectivity index (χ2n) is 8.94. The zero-order valence-corrected chi connectivity index (χ0v) is 22.5. The lowest BCUT2D eigenvalue weighted by Gasteiger charge is -2.33. The van der Waals surface area contributed by atoms with Gasteiger partial charge in [-0.15, -0.1) is 0 Å². The first-order valence-electron chi connectivity index (χ1n) is 12.5. The Morgan fingerprint density at radius 2 is 1.50 bits per heavy atom. The number of carboxylic acid groups (broad SMARTS) is 2. The van der Waals surface area contributed by atoms with Gasteiger partial charge in [-0.1, -0.05) is 18.2 Å². The summed E-state index contributed by atoms with van der Waals surface area (Å²) in [5.74, 6) is -0.925. The van der Waals surface area contributed by atoms with Crippen molar-refractivity contribution in [1.29, 1.82) is 0 Å². The average molecular weight is 531 g/mol. The average Bonchev–Trinajstić information content (AvgIpc) is 2.93. The van der Waals surface area contributed by atoms with E-state index in [1.807, 2.05) is 49.2 Å².